The van der Waals surface area contributed by atoms with Gasteiger partial charge in [-0.1, -0.05) is 19.1 Å². The van der Waals surface area contributed by atoms with Crippen molar-refractivity contribution in [2.75, 3.05) is 39.5 Å². The summed E-state index contributed by atoms with van der Waals surface area (Å²) in [7, 11) is 1.85. The Morgan fingerprint density at radius 1 is 1.36 bits per heavy atom. The normalized spacial score (nSPS) is 18.1. The second-order valence-corrected chi connectivity index (χ2v) is 7.43. The molecule has 0 bridgehead atoms. The topological polar surface area (TPSA) is 39.7 Å². The highest BCUT2D eigenvalue weighted by Gasteiger charge is 2.21. The molecule has 1 aromatic rings. The number of guanidine groups is 1. The van der Waals surface area contributed by atoms with Crippen LogP contribution in [0.2, 0.25) is 0 Å². The van der Waals surface area contributed by atoms with Crippen LogP contribution >= 0.6 is 35.7 Å². The van der Waals surface area contributed by atoms with Crippen LogP contribution < -0.4 is 10.6 Å². The fraction of sp³-hybridized carbons (Fsp3) is 0.632. The second-order valence-electron chi connectivity index (χ2n) is 6.58. The molecule has 1 unspecified atom stereocenters. The van der Waals surface area contributed by atoms with Gasteiger partial charge in [0.1, 0.15) is 0 Å². The van der Waals surface area contributed by atoms with Crippen LogP contribution in [0.3, 0.4) is 0 Å². The zero-order valence-corrected chi connectivity index (χ0v) is 19.1. The van der Waals surface area contributed by atoms with Gasteiger partial charge in [-0.05, 0) is 62.2 Å². The van der Waals surface area contributed by atoms with E-state index in [1.54, 1.807) is 11.8 Å². The average molecular weight is 476 g/mol. The minimum absolute atomic E-state index is 0. The zero-order chi connectivity index (χ0) is 17.4. The smallest absolute Gasteiger partial charge is 0.191 e. The molecule has 25 heavy (non-hydrogen) atoms. The highest BCUT2D eigenvalue weighted by molar-refractivity contribution is 14.0. The van der Waals surface area contributed by atoms with Crippen molar-refractivity contribution < 1.29 is 0 Å². The van der Waals surface area contributed by atoms with E-state index in [2.05, 4.69) is 58.8 Å². The SMILES string of the molecule is CCCN1CCC(CNC(=NC)NCc2ccc(C)cc2SC)C1.I. The molecule has 2 rings (SSSR count). The molecule has 0 aromatic heterocycles. The van der Waals surface area contributed by atoms with Gasteiger partial charge in [-0.15, -0.1) is 35.7 Å². The molecule has 1 fully saturated rings. The fourth-order valence-electron chi connectivity index (χ4n) is 3.24. The monoisotopic (exact) mass is 476 g/mol. The summed E-state index contributed by atoms with van der Waals surface area (Å²) in [6.45, 7) is 9.89. The number of thioether (sulfide) groups is 1. The second kappa shape index (κ2) is 12.0. The maximum absolute atomic E-state index is 4.37. The van der Waals surface area contributed by atoms with Crippen LogP contribution in [0.15, 0.2) is 28.1 Å². The number of rotatable bonds is 7. The van der Waals surface area contributed by atoms with Gasteiger partial charge >= 0.3 is 0 Å². The van der Waals surface area contributed by atoms with Crippen LogP contribution in [-0.4, -0.2) is 50.3 Å². The molecule has 0 saturated carbocycles. The van der Waals surface area contributed by atoms with Crippen molar-refractivity contribution in [1.82, 2.24) is 15.5 Å². The molecule has 0 radical (unpaired) electrons. The molecule has 1 heterocycles. The Morgan fingerprint density at radius 3 is 2.84 bits per heavy atom. The van der Waals surface area contributed by atoms with Crippen molar-refractivity contribution in [3.63, 3.8) is 0 Å². The molecule has 2 N–H and O–H groups in total. The summed E-state index contributed by atoms with van der Waals surface area (Å²) in [6, 6.07) is 6.63. The number of aryl methyl sites for hydroxylation is 1. The van der Waals surface area contributed by atoms with E-state index in [9.17, 15) is 0 Å². The third kappa shape index (κ3) is 7.35. The lowest BCUT2D eigenvalue weighted by Crippen LogP contribution is -2.40. The number of likely N-dealkylation sites (tertiary alicyclic amines) is 1. The molecule has 142 valence electrons. The molecule has 1 saturated heterocycles. The number of benzene rings is 1. The number of hydrogen-bond acceptors (Lipinski definition) is 3. The molecule has 0 aliphatic carbocycles. The molecule has 4 nitrogen and oxygen atoms in total. The average Bonchev–Trinajstić information content (AvgIpc) is 3.03. The fourth-order valence-corrected chi connectivity index (χ4v) is 3.94. The summed E-state index contributed by atoms with van der Waals surface area (Å²) in [5, 5.41) is 6.95. The van der Waals surface area contributed by atoms with Crippen molar-refractivity contribution in [2.24, 2.45) is 10.9 Å². The van der Waals surface area contributed by atoms with Gasteiger partial charge < -0.3 is 15.5 Å². The van der Waals surface area contributed by atoms with E-state index in [-0.39, 0.29) is 24.0 Å². The van der Waals surface area contributed by atoms with Gasteiger partial charge in [-0.25, -0.2) is 0 Å². The Morgan fingerprint density at radius 2 is 2.16 bits per heavy atom. The van der Waals surface area contributed by atoms with Gasteiger partial charge in [0.25, 0.3) is 0 Å². The molecular weight excluding hydrogens is 443 g/mol. The molecule has 1 aliphatic heterocycles. The number of hydrogen-bond donors (Lipinski definition) is 2. The first-order valence-electron chi connectivity index (χ1n) is 8.96. The van der Waals surface area contributed by atoms with Crippen molar-refractivity contribution in [3.8, 4) is 0 Å². The van der Waals surface area contributed by atoms with Crippen LogP contribution in [0.5, 0.6) is 0 Å². The van der Waals surface area contributed by atoms with Gasteiger partial charge in [0, 0.05) is 31.6 Å². The highest BCUT2D eigenvalue weighted by Crippen LogP contribution is 2.21. The Kier molecular flexibility index (Phi) is 10.8. The van der Waals surface area contributed by atoms with E-state index >= 15 is 0 Å². The van der Waals surface area contributed by atoms with Crippen LogP contribution in [0.25, 0.3) is 0 Å². The molecule has 0 spiro atoms. The minimum atomic E-state index is 0. The molecular formula is C19H33IN4S. The summed E-state index contributed by atoms with van der Waals surface area (Å²) < 4.78 is 0. The first-order chi connectivity index (χ1) is 11.7. The summed E-state index contributed by atoms with van der Waals surface area (Å²) in [4.78, 5) is 8.27. The molecule has 1 atom stereocenters. The highest BCUT2D eigenvalue weighted by atomic mass is 127. The molecule has 1 aliphatic rings. The van der Waals surface area contributed by atoms with Crippen LogP contribution in [0.4, 0.5) is 0 Å². The number of aliphatic imine (C=N–C) groups is 1. The van der Waals surface area contributed by atoms with Crippen molar-refractivity contribution >= 4 is 41.7 Å². The Hall–Kier alpha value is -0.470. The van der Waals surface area contributed by atoms with E-state index in [1.165, 1.54) is 48.5 Å². The van der Waals surface area contributed by atoms with Gasteiger partial charge in [0.15, 0.2) is 5.96 Å². The van der Waals surface area contributed by atoms with Crippen molar-refractivity contribution in [2.45, 2.75) is 38.1 Å². The third-order valence-electron chi connectivity index (χ3n) is 4.58. The van der Waals surface area contributed by atoms with Gasteiger partial charge in [0.05, 0.1) is 0 Å². The predicted octanol–water partition coefficient (Wildman–Crippen LogP) is 3.73. The van der Waals surface area contributed by atoms with E-state index in [1.807, 2.05) is 7.05 Å². The summed E-state index contributed by atoms with van der Waals surface area (Å²) in [5.74, 6) is 1.63. The Labute approximate surface area is 174 Å². The summed E-state index contributed by atoms with van der Waals surface area (Å²) in [5.41, 5.74) is 2.63. The van der Waals surface area contributed by atoms with Crippen molar-refractivity contribution in [1.29, 1.82) is 0 Å². The number of halogens is 1. The first kappa shape index (κ1) is 22.6. The maximum Gasteiger partial charge on any atom is 0.191 e. The summed E-state index contributed by atoms with van der Waals surface area (Å²) >= 11 is 1.80. The number of nitrogens with one attached hydrogen (secondary N) is 2. The van der Waals surface area contributed by atoms with Gasteiger partial charge in [0.2, 0.25) is 0 Å². The Balaban J connectivity index is 0.00000312. The summed E-state index contributed by atoms with van der Waals surface area (Å²) in [6.07, 6.45) is 4.67. The third-order valence-corrected chi connectivity index (χ3v) is 5.40. The van der Waals surface area contributed by atoms with E-state index in [0.29, 0.717) is 0 Å². The maximum atomic E-state index is 4.37. The molecule has 0 amide bonds. The first-order valence-corrected chi connectivity index (χ1v) is 10.2. The van der Waals surface area contributed by atoms with Gasteiger partial charge in [-0.2, -0.15) is 0 Å². The number of nitrogens with zero attached hydrogens (tertiary/aromatic N) is 2. The zero-order valence-electron chi connectivity index (χ0n) is 16.0. The van der Waals surface area contributed by atoms with Crippen LogP contribution in [-0.2, 0) is 6.54 Å². The molecule has 1 aromatic carbocycles. The van der Waals surface area contributed by atoms with Gasteiger partial charge in [-0.3, -0.25) is 4.99 Å². The lowest BCUT2D eigenvalue weighted by Gasteiger charge is -2.17. The minimum Gasteiger partial charge on any atom is -0.356 e. The largest absolute Gasteiger partial charge is 0.356 e. The van der Waals surface area contributed by atoms with Crippen molar-refractivity contribution in [3.05, 3.63) is 29.3 Å². The quantitative estimate of drug-likeness (QED) is 0.272. The standard InChI is InChI=1S/C19H32N4S.HI/c1-5-9-23-10-8-16(14-23)12-21-19(20-3)22-13-17-7-6-15(2)11-18(17)24-4;/h6-7,11,16H,5,8-10,12-14H2,1-4H3,(H2,20,21,22);1H. The van der Waals surface area contributed by atoms with E-state index in [0.717, 1.165) is 25.0 Å². The lowest BCUT2D eigenvalue weighted by atomic mass is 10.1. The molecule has 6 heteroatoms. The lowest BCUT2D eigenvalue weighted by molar-refractivity contribution is 0.324. The van der Waals surface area contributed by atoms with E-state index < -0.39 is 0 Å². The Bertz CT molecular complexity index is 550. The predicted molar refractivity (Wildman–Crippen MR) is 121 cm³/mol. The van der Waals surface area contributed by atoms with Crippen LogP contribution in [0.1, 0.15) is 30.9 Å². The van der Waals surface area contributed by atoms with Crippen LogP contribution in [0, 0.1) is 12.8 Å². The van der Waals surface area contributed by atoms with E-state index in [4.69, 9.17) is 0 Å².